The van der Waals surface area contributed by atoms with Gasteiger partial charge in [0.2, 0.25) is 0 Å². The van der Waals surface area contributed by atoms with Crippen LogP contribution in [0.4, 0.5) is 0 Å². The lowest BCUT2D eigenvalue weighted by Crippen LogP contribution is -2.09. The van der Waals surface area contributed by atoms with Gasteiger partial charge >= 0.3 is 0 Å². The maximum Gasteiger partial charge on any atom is 0.162 e. The minimum Gasteiger partial charge on any atom is -0.497 e. The van der Waals surface area contributed by atoms with Crippen LogP contribution in [0.25, 0.3) is 0 Å². The molecule has 7 heteroatoms. The number of H-pyrrole nitrogens is 1. The Labute approximate surface area is 134 Å². The third-order valence-corrected chi connectivity index (χ3v) is 3.45. The van der Waals surface area contributed by atoms with Gasteiger partial charge in [-0.1, -0.05) is 6.07 Å². The fraction of sp³-hybridized carbons (Fsp3) is 0.312. The van der Waals surface area contributed by atoms with Crippen molar-refractivity contribution in [2.24, 2.45) is 0 Å². The SMILES string of the molecule is COc1cccc(OCc2nc(C[C@H](C)n3cccn3)n[nH]2)c1. The van der Waals surface area contributed by atoms with Crippen molar-refractivity contribution in [3.05, 3.63) is 54.4 Å². The number of hydrogen-bond acceptors (Lipinski definition) is 5. The number of ether oxygens (including phenoxy) is 2. The minimum atomic E-state index is 0.202. The van der Waals surface area contributed by atoms with E-state index < -0.39 is 0 Å². The van der Waals surface area contributed by atoms with E-state index in [1.807, 2.05) is 41.2 Å². The van der Waals surface area contributed by atoms with Gasteiger partial charge < -0.3 is 9.47 Å². The van der Waals surface area contributed by atoms with Crippen LogP contribution in [0.5, 0.6) is 11.5 Å². The molecule has 1 atom stereocenters. The quantitative estimate of drug-likeness (QED) is 0.724. The molecule has 0 saturated heterocycles. The summed E-state index contributed by atoms with van der Waals surface area (Å²) in [7, 11) is 1.63. The molecular weight excluding hydrogens is 294 g/mol. The van der Waals surface area contributed by atoms with Gasteiger partial charge in [0.05, 0.1) is 13.2 Å². The molecule has 0 bridgehead atoms. The predicted octanol–water partition coefficient (Wildman–Crippen LogP) is 2.39. The average Bonchev–Trinajstić information content (AvgIpc) is 3.25. The van der Waals surface area contributed by atoms with Gasteiger partial charge in [-0.25, -0.2) is 4.98 Å². The summed E-state index contributed by atoms with van der Waals surface area (Å²) in [6.45, 7) is 2.41. The van der Waals surface area contributed by atoms with Gasteiger partial charge in [-0.05, 0) is 25.1 Å². The Morgan fingerprint density at radius 2 is 2.13 bits per heavy atom. The largest absolute Gasteiger partial charge is 0.497 e. The van der Waals surface area contributed by atoms with Crippen molar-refractivity contribution >= 4 is 0 Å². The van der Waals surface area contributed by atoms with Crippen LogP contribution in [0.2, 0.25) is 0 Å². The van der Waals surface area contributed by atoms with Gasteiger partial charge in [0.1, 0.15) is 18.1 Å². The molecular formula is C16H19N5O2. The van der Waals surface area contributed by atoms with Crippen LogP contribution in [0.3, 0.4) is 0 Å². The molecule has 120 valence electrons. The first-order valence-electron chi connectivity index (χ1n) is 7.40. The second-order valence-corrected chi connectivity index (χ2v) is 5.21. The molecule has 0 radical (unpaired) electrons. The van der Waals surface area contributed by atoms with Crippen molar-refractivity contribution in [3.63, 3.8) is 0 Å². The number of nitrogens with one attached hydrogen (secondary N) is 1. The monoisotopic (exact) mass is 313 g/mol. The molecule has 23 heavy (non-hydrogen) atoms. The highest BCUT2D eigenvalue weighted by atomic mass is 16.5. The van der Waals surface area contributed by atoms with Crippen LogP contribution in [0.1, 0.15) is 24.6 Å². The zero-order valence-electron chi connectivity index (χ0n) is 13.1. The van der Waals surface area contributed by atoms with E-state index in [-0.39, 0.29) is 6.04 Å². The summed E-state index contributed by atoms with van der Waals surface area (Å²) in [5.41, 5.74) is 0. The van der Waals surface area contributed by atoms with E-state index in [0.717, 1.165) is 17.3 Å². The molecule has 0 amide bonds. The molecule has 0 aliphatic heterocycles. The summed E-state index contributed by atoms with van der Waals surface area (Å²) in [6, 6.07) is 9.56. The third kappa shape index (κ3) is 3.88. The van der Waals surface area contributed by atoms with E-state index in [0.29, 0.717) is 18.9 Å². The lowest BCUT2D eigenvalue weighted by atomic mass is 10.2. The number of hydrogen-bond donors (Lipinski definition) is 1. The average molecular weight is 313 g/mol. The maximum atomic E-state index is 5.69. The van der Waals surface area contributed by atoms with E-state index in [1.165, 1.54) is 0 Å². The smallest absolute Gasteiger partial charge is 0.162 e. The second kappa shape index (κ2) is 6.95. The summed E-state index contributed by atoms with van der Waals surface area (Å²) in [5, 5.41) is 11.4. The lowest BCUT2D eigenvalue weighted by Gasteiger charge is -2.09. The Hall–Kier alpha value is -2.83. The second-order valence-electron chi connectivity index (χ2n) is 5.21. The minimum absolute atomic E-state index is 0.202. The van der Waals surface area contributed by atoms with Crippen molar-refractivity contribution in [1.29, 1.82) is 0 Å². The summed E-state index contributed by atoms with van der Waals surface area (Å²) < 4.78 is 12.8. The van der Waals surface area contributed by atoms with Crippen molar-refractivity contribution in [3.8, 4) is 11.5 Å². The fourth-order valence-electron chi connectivity index (χ4n) is 2.23. The molecule has 1 N–H and O–H groups in total. The molecule has 1 aromatic carbocycles. The molecule has 7 nitrogen and oxygen atoms in total. The first-order valence-corrected chi connectivity index (χ1v) is 7.40. The van der Waals surface area contributed by atoms with E-state index in [2.05, 4.69) is 27.2 Å². The molecule has 0 saturated carbocycles. The lowest BCUT2D eigenvalue weighted by molar-refractivity contribution is 0.294. The highest BCUT2D eigenvalue weighted by Gasteiger charge is 2.11. The fourth-order valence-corrected chi connectivity index (χ4v) is 2.23. The zero-order chi connectivity index (χ0) is 16.1. The van der Waals surface area contributed by atoms with Crippen LogP contribution in [-0.4, -0.2) is 32.1 Å². The van der Waals surface area contributed by atoms with E-state index in [4.69, 9.17) is 9.47 Å². The van der Waals surface area contributed by atoms with Crippen LogP contribution in [0, 0.1) is 0 Å². The Kier molecular flexibility index (Phi) is 4.56. The number of nitrogens with zero attached hydrogens (tertiary/aromatic N) is 4. The van der Waals surface area contributed by atoms with Gasteiger partial charge in [0.15, 0.2) is 11.6 Å². The third-order valence-electron chi connectivity index (χ3n) is 3.45. The zero-order valence-corrected chi connectivity index (χ0v) is 13.1. The standard InChI is InChI=1S/C16H19N5O2/c1-12(21-8-4-7-17-21)9-15-18-16(20-19-15)11-23-14-6-3-5-13(10-14)22-2/h3-8,10,12H,9,11H2,1-2H3,(H,18,19,20)/t12-/m0/s1. The summed E-state index contributed by atoms with van der Waals surface area (Å²) in [6.07, 6.45) is 4.41. The van der Waals surface area contributed by atoms with Crippen LogP contribution < -0.4 is 9.47 Å². The van der Waals surface area contributed by atoms with E-state index in [1.54, 1.807) is 13.3 Å². The first-order chi connectivity index (χ1) is 11.2. The van der Waals surface area contributed by atoms with Gasteiger partial charge in [-0.3, -0.25) is 9.78 Å². The Balaban J connectivity index is 1.56. The number of aromatic nitrogens is 5. The van der Waals surface area contributed by atoms with Gasteiger partial charge in [0.25, 0.3) is 0 Å². The van der Waals surface area contributed by atoms with E-state index >= 15 is 0 Å². The molecule has 3 rings (SSSR count). The van der Waals surface area contributed by atoms with E-state index in [9.17, 15) is 0 Å². The number of methoxy groups -OCH3 is 1. The predicted molar refractivity (Wildman–Crippen MR) is 84.4 cm³/mol. The van der Waals surface area contributed by atoms with Gasteiger partial charge in [-0.2, -0.15) is 10.2 Å². The molecule has 2 heterocycles. The highest BCUT2D eigenvalue weighted by Crippen LogP contribution is 2.19. The summed E-state index contributed by atoms with van der Waals surface area (Å²) in [4.78, 5) is 4.45. The summed E-state index contributed by atoms with van der Waals surface area (Å²) in [5.74, 6) is 2.92. The first kappa shape index (κ1) is 15.1. The Morgan fingerprint density at radius 1 is 1.26 bits per heavy atom. The molecule has 0 spiro atoms. The van der Waals surface area contributed by atoms with Crippen LogP contribution in [0.15, 0.2) is 42.7 Å². The number of aromatic amines is 1. The van der Waals surface area contributed by atoms with Gasteiger partial charge in [0, 0.05) is 24.9 Å². The van der Waals surface area contributed by atoms with Crippen molar-refractivity contribution in [1.82, 2.24) is 25.0 Å². The van der Waals surface area contributed by atoms with Gasteiger partial charge in [-0.15, -0.1) is 0 Å². The maximum absolute atomic E-state index is 5.69. The van der Waals surface area contributed by atoms with Crippen molar-refractivity contribution in [2.75, 3.05) is 7.11 Å². The molecule has 0 unspecified atom stereocenters. The summed E-state index contributed by atoms with van der Waals surface area (Å²) >= 11 is 0. The topological polar surface area (TPSA) is 77.8 Å². The number of benzene rings is 1. The molecule has 2 aromatic heterocycles. The Bertz CT molecular complexity index is 739. The van der Waals surface area contributed by atoms with Crippen LogP contribution >= 0.6 is 0 Å². The van der Waals surface area contributed by atoms with Crippen molar-refractivity contribution < 1.29 is 9.47 Å². The molecule has 0 aliphatic carbocycles. The highest BCUT2D eigenvalue weighted by molar-refractivity contribution is 5.32. The normalized spacial score (nSPS) is 12.1. The van der Waals surface area contributed by atoms with Crippen LogP contribution in [-0.2, 0) is 13.0 Å². The molecule has 3 aromatic rings. The number of rotatable bonds is 7. The Morgan fingerprint density at radius 3 is 2.91 bits per heavy atom. The molecule has 0 fully saturated rings. The molecule has 0 aliphatic rings. The van der Waals surface area contributed by atoms with Crippen molar-refractivity contribution in [2.45, 2.75) is 26.0 Å².